The van der Waals surface area contributed by atoms with Crippen LogP contribution in [-0.4, -0.2) is 59.2 Å². The maximum atomic E-state index is 9.67. The van der Waals surface area contributed by atoms with Crippen LogP contribution in [0.3, 0.4) is 0 Å². The lowest BCUT2D eigenvalue weighted by atomic mass is 9.64. The minimum atomic E-state index is -0.840. The second kappa shape index (κ2) is 21.8. The third-order valence-electron chi connectivity index (χ3n) is 13.4. The van der Waals surface area contributed by atoms with Crippen molar-refractivity contribution in [1.82, 2.24) is 15.0 Å². The number of nitrogens with one attached hydrogen (secondary N) is 3. The van der Waals surface area contributed by atoms with E-state index in [4.69, 9.17) is 47.9 Å². The third kappa shape index (κ3) is 11.4. The maximum Gasteiger partial charge on any atom is 0.491 e. The zero-order valence-electron chi connectivity index (χ0n) is 40.2. The molecule has 6 aromatic rings. The van der Waals surface area contributed by atoms with Crippen LogP contribution in [0, 0.1) is 19.7 Å². The van der Waals surface area contributed by atoms with Crippen LogP contribution in [0.2, 0.25) is 13.6 Å². The van der Waals surface area contributed by atoms with E-state index in [-0.39, 0.29) is 32.1 Å². The standard InChI is InChI=1S/C19H20BN3O2.C17H16BN3O3.C17H16BN3O2/c1-20-16-8-7-14(11-13(16)12-24-20)22-18-10-9-17(21-2)19(23-18)25-15-5-3-4-6-15;1-19-15-7-8-16(21-17(15)24-13-3-2-4-13)20-12-5-6-14-11(9-12)10-23-18(14)22;1-18-14-6-3-12(9-11(14)10-22-18)20-16-8-7-15(19-2)17(21-16)23-13-4-5-13/h7-11,15H,3-6,12H2,1H3,(H,22,23);5-9,13,22H,2-4,10H2,(H,20,21);3,6-9,13H,4-5,10H2,1H3,(H,20,21). The number of hydrogen-bond donors (Lipinski definition) is 4. The number of rotatable bonds is 12. The zero-order valence-corrected chi connectivity index (χ0v) is 40.2. The van der Waals surface area contributed by atoms with E-state index in [1.54, 1.807) is 30.3 Å². The van der Waals surface area contributed by atoms with Gasteiger partial charge in [-0.25, -0.2) is 29.5 Å². The fourth-order valence-corrected chi connectivity index (χ4v) is 8.95. The van der Waals surface area contributed by atoms with E-state index in [1.807, 2.05) is 36.4 Å². The van der Waals surface area contributed by atoms with Crippen molar-refractivity contribution in [2.75, 3.05) is 16.0 Å². The first-order valence-corrected chi connectivity index (χ1v) is 24.6. The Balaban J connectivity index is 0.000000124. The highest BCUT2D eigenvalue weighted by atomic mass is 16.5. The number of benzene rings is 3. The number of aromatic nitrogens is 3. The van der Waals surface area contributed by atoms with Crippen molar-refractivity contribution in [3.63, 3.8) is 0 Å². The summed E-state index contributed by atoms with van der Waals surface area (Å²) >= 11 is 0. The van der Waals surface area contributed by atoms with Crippen molar-refractivity contribution in [1.29, 1.82) is 0 Å². The summed E-state index contributed by atoms with van der Waals surface area (Å²) in [6, 6.07) is 28.7. The van der Waals surface area contributed by atoms with Crippen molar-refractivity contribution >= 4 is 88.9 Å². The molecule has 0 unspecified atom stereocenters. The molecule has 0 amide bonds. The van der Waals surface area contributed by atoms with Gasteiger partial charge in [-0.1, -0.05) is 31.8 Å². The zero-order chi connectivity index (χ0) is 49.6. The van der Waals surface area contributed by atoms with Crippen molar-refractivity contribution in [3.8, 4) is 17.6 Å². The molecule has 6 heterocycles. The van der Waals surface area contributed by atoms with Crippen LogP contribution in [0.1, 0.15) is 74.5 Å². The molecule has 3 aliphatic heterocycles. The first-order valence-electron chi connectivity index (χ1n) is 24.6. The highest BCUT2D eigenvalue weighted by Crippen LogP contribution is 2.36. The summed E-state index contributed by atoms with van der Waals surface area (Å²) in [6.45, 7) is 27.9. The fourth-order valence-electron chi connectivity index (χ4n) is 8.95. The molecule has 72 heavy (non-hydrogen) atoms. The van der Waals surface area contributed by atoms with Crippen LogP contribution in [-0.2, 0) is 33.8 Å². The largest absolute Gasteiger partial charge is 0.491 e. The minimum Gasteiger partial charge on any atom is -0.483 e. The van der Waals surface area contributed by atoms with Gasteiger partial charge in [-0.05, 0) is 164 Å². The summed E-state index contributed by atoms with van der Waals surface area (Å²) in [4.78, 5) is 23.9. The molecule has 0 spiro atoms. The summed E-state index contributed by atoms with van der Waals surface area (Å²) in [6.07, 6.45) is 10.3. The van der Waals surface area contributed by atoms with Gasteiger partial charge >= 0.3 is 20.9 Å². The molecule has 0 saturated heterocycles. The monoisotopic (exact) mass is 959 g/mol. The molecule has 0 atom stereocenters. The molecule has 16 nitrogen and oxygen atoms in total. The molecular formula is C53H52B3N9O7. The van der Waals surface area contributed by atoms with Gasteiger partial charge in [0.05, 0.1) is 57.8 Å². The molecule has 19 heteroatoms. The summed E-state index contributed by atoms with van der Waals surface area (Å²) < 4.78 is 34.0. The molecule has 0 bridgehead atoms. The van der Waals surface area contributed by atoms with E-state index in [9.17, 15) is 5.02 Å². The SMILES string of the molecule is [C-]#[N+]c1ccc(Nc2ccc3c(c2)COB3C)nc1OC1CC1.[C-]#[N+]c1ccc(Nc2ccc3c(c2)COB3C)nc1OC1CCCC1.[C-]#[N+]c1ccc(Nc2ccc3c(c2)COB3O)nc1OC1CCC1. The van der Waals surface area contributed by atoms with E-state index >= 15 is 0 Å². The van der Waals surface area contributed by atoms with Gasteiger partial charge in [-0.2, -0.15) is 0 Å². The maximum absolute atomic E-state index is 9.67. The minimum absolute atomic E-state index is 0.159. The summed E-state index contributed by atoms with van der Waals surface area (Å²) in [7, 11) is -0.840. The Morgan fingerprint density at radius 1 is 0.486 bits per heavy atom. The Bertz CT molecular complexity index is 3100. The number of fused-ring (bicyclic) bond motifs is 3. The molecule has 3 saturated carbocycles. The molecule has 3 aliphatic carbocycles. The molecule has 3 aromatic carbocycles. The van der Waals surface area contributed by atoms with Crippen LogP contribution >= 0.6 is 0 Å². The number of nitrogens with zero attached hydrogens (tertiary/aromatic N) is 6. The van der Waals surface area contributed by atoms with Gasteiger partial charge in [-0.3, -0.25) is 0 Å². The summed E-state index contributed by atoms with van der Waals surface area (Å²) in [5.41, 5.74) is 10.8. The molecule has 0 radical (unpaired) electrons. The first-order chi connectivity index (χ1) is 35.2. The van der Waals surface area contributed by atoms with Gasteiger partial charge in [0, 0.05) is 17.1 Å². The molecule has 12 rings (SSSR count). The third-order valence-corrected chi connectivity index (χ3v) is 13.4. The Labute approximate surface area is 420 Å². The lowest BCUT2D eigenvalue weighted by Crippen LogP contribution is -2.27. The normalized spacial score (nSPS) is 16.2. The summed E-state index contributed by atoms with van der Waals surface area (Å²) in [5, 5.41) is 19.5. The Hall–Kier alpha value is -7.59. The second-order valence-corrected chi connectivity index (χ2v) is 18.6. The number of anilines is 6. The number of ether oxygens (including phenoxy) is 3. The highest BCUT2D eigenvalue weighted by molar-refractivity contribution is 6.68. The second-order valence-electron chi connectivity index (χ2n) is 18.6. The predicted octanol–water partition coefficient (Wildman–Crippen LogP) is 9.86. The molecule has 4 N–H and O–H groups in total. The van der Waals surface area contributed by atoms with Gasteiger partial charge in [0.2, 0.25) is 34.7 Å². The smallest absolute Gasteiger partial charge is 0.483 e. The Morgan fingerprint density at radius 2 is 0.847 bits per heavy atom. The van der Waals surface area contributed by atoms with E-state index in [0.29, 0.717) is 72.0 Å². The molecule has 360 valence electrons. The van der Waals surface area contributed by atoms with Gasteiger partial charge in [0.25, 0.3) is 0 Å². The molecule has 3 aromatic heterocycles. The van der Waals surface area contributed by atoms with Crippen molar-refractivity contribution < 1.29 is 33.2 Å². The lowest BCUT2D eigenvalue weighted by Gasteiger charge is -2.26. The Kier molecular flexibility index (Phi) is 14.6. The van der Waals surface area contributed by atoms with E-state index < -0.39 is 7.12 Å². The fraction of sp³-hybridized carbons (Fsp3) is 0.321. The molecule has 3 fully saturated rings. The number of pyridine rings is 3. The molecular weight excluding hydrogens is 907 g/mol. The van der Waals surface area contributed by atoms with Gasteiger partial charge in [0.1, 0.15) is 17.5 Å². The van der Waals surface area contributed by atoms with Crippen LogP contribution in [0.25, 0.3) is 14.5 Å². The Morgan fingerprint density at radius 3 is 1.22 bits per heavy atom. The van der Waals surface area contributed by atoms with Gasteiger partial charge in [-0.15, -0.1) is 0 Å². The molecule has 6 aliphatic rings. The van der Waals surface area contributed by atoms with Crippen LogP contribution in [0.15, 0.2) is 91.0 Å². The predicted molar refractivity (Wildman–Crippen MR) is 280 cm³/mol. The lowest BCUT2D eigenvalue weighted by molar-refractivity contribution is 0.116. The first kappa shape index (κ1) is 48.1. The van der Waals surface area contributed by atoms with Gasteiger partial charge in [0.15, 0.2) is 0 Å². The van der Waals surface area contributed by atoms with Crippen molar-refractivity contribution in [2.24, 2.45) is 0 Å². The average molecular weight is 959 g/mol. The van der Waals surface area contributed by atoms with E-state index in [2.05, 4.69) is 83.3 Å². The van der Waals surface area contributed by atoms with Crippen molar-refractivity contribution in [2.45, 2.75) is 110 Å². The van der Waals surface area contributed by atoms with E-state index in [1.165, 1.54) is 41.3 Å². The van der Waals surface area contributed by atoms with Crippen molar-refractivity contribution in [3.05, 3.63) is 142 Å². The quantitative estimate of drug-likeness (QED) is 0.0678. The van der Waals surface area contributed by atoms with E-state index in [0.717, 1.165) is 66.6 Å². The number of hydrogen-bond acceptors (Lipinski definition) is 13. The van der Waals surface area contributed by atoms with Gasteiger partial charge < -0.3 is 49.1 Å². The van der Waals surface area contributed by atoms with Crippen LogP contribution in [0.4, 0.5) is 51.6 Å². The topological polar surface area (TPSA) is 163 Å². The highest BCUT2D eigenvalue weighted by Gasteiger charge is 2.29. The average Bonchev–Trinajstić information content (AvgIpc) is 3.63. The summed E-state index contributed by atoms with van der Waals surface area (Å²) in [5.74, 6) is 3.23. The van der Waals surface area contributed by atoms with Crippen LogP contribution < -0.4 is 46.5 Å². The van der Waals surface area contributed by atoms with Crippen LogP contribution in [0.5, 0.6) is 17.6 Å².